The van der Waals surface area contributed by atoms with E-state index in [4.69, 9.17) is 32.2 Å². The van der Waals surface area contributed by atoms with Gasteiger partial charge in [0.1, 0.15) is 11.5 Å². The Bertz CT molecular complexity index is 534. The molecule has 0 saturated heterocycles. The van der Waals surface area contributed by atoms with Gasteiger partial charge in [-0.1, -0.05) is 15.9 Å². The summed E-state index contributed by atoms with van der Waals surface area (Å²) >= 11 is 8.21. The number of methoxy groups -OCH3 is 1. The Morgan fingerprint density at radius 1 is 1.36 bits per heavy atom. The summed E-state index contributed by atoms with van der Waals surface area (Å²) < 4.78 is 17.5. The van der Waals surface area contributed by atoms with Gasteiger partial charge in [-0.05, 0) is 44.3 Å². The highest BCUT2D eigenvalue weighted by Gasteiger charge is 2.22. The molecule has 0 spiro atoms. The lowest BCUT2D eigenvalue weighted by Crippen LogP contribution is -2.33. The number of halogens is 1. The summed E-state index contributed by atoms with van der Waals surface area (Å²) in [7, 11) is 1.58. The van der Waals surface area contributed by atoms with Crippen LogP contribution in [0.25, 0.3) is 0 Å². The van der Waals surface area contributed by atoms with Crippen LogP contribution in [0.5, 0.6) is 5.75 Å². The summed E-state index contributed by atoms with van der Waals surface area (Å²) in [6.07, 6.45) is -0.660. The van der Waals surface area contributed by atoms with E-state index in [1.165, 1.54) is 0 Å². The van der Waals surface area contributed by atoms with Crippen LogP contribution in [0.4, 0.5) is 0 Å². The quantitative estimate of drug-likeness (QED) is 0.307. The van der Waals surface area contributed by atoms with Gasteiger partial charge < -0.3 is 19.9 Å². The highest BCUT2D eigenvalue weighted by Crippen LogP contribution is 2.26. The highest BCUT2D eigenvalue weighted by atomic mass is 79.9. The molecule has 1 aromatic carbocycles. The van der Waals surface area contributed by atoms with Crippen molar-refractivity contribution in [3.63, 3.8) is 0 Å². The number of nitrogens with one attached hydrogen (secondary N) is 1. The molecule has 0 aliphatic heterocycles. The van der Waals surface area contributed by atoms with Crippen LogP contribution in [-0.2, 0) is 9.47 Å². The molecule has 1 rings (SSSR count). The zero-order valence-electron chi connectivity index (χ0n) is 12.8. The zero-order valence-corrected chi connectivity index (χ0v) is 15.2. The Hall–Kier alpha value is -1.22. The van der Waals surface area contributed by atoms with Crippen LogP contribution in [0.15, 0.2) is 27.8 Å². The molecule has 0 fully saturated rings. The van der Waals surface area contributed by atoms with E-state index in [9.17, 15) is 0 Å². The third kappa shape index (κ3) is 5.53. The maximum atomic E-state index is 5.62. The molecule has 1 aromatic rings. The fourth-order valence-electron chi connectivity index (χ4n) is 1.74. The minimum absolute atomic E-state index is 0.0559. The molecular formula is C14H20BrN3O3S. The number of nitrogens with two attached hydrogens (primary N) is 1. The molecule has 0 radical (unpaired) electrons. The van der Waals surface area contributed by atoms with Crippen molar-refractivity contribution >= 4 is 39.0 Å². The number of nitrogens with zero attached hydrogens (tertiary/aromatic N) is 1. The van der Waals surface area contributed by atoms with Gasteiger partial charge in [0.15, 0.2) is 5.11 Å². The van der Waals surface area contributed by atoms with E-state index in [-0.39, 0.29) is 5.11 Å². The molecule has 22 heavy (non-hydrogen) atoms. The maximum absolute atomic E-state index is 5.62. The van der Waals surface area contributed by atoms with Crippen molar-refractivity contribution in [2.24, 2.45) is 10.8 Å². The highest BCUT2D eigenvalue weighted by molar-refractivity contribution is 9.10. The van der Waals surface area contributed by atoms with E-state index in [0.717, 1.165) is 10.0 Å². The Morgan fingerprint density at radius 2 is 2.00 bits per heavy atom. The van der Waals surface area contributed by atoms with Crippen molar-refractivity contribution in [1.29, 1.82) is 0 Å². The molecule has 8 heteroatoms. The van der Waals surface area contributed by atoms with Gasteiger partial charge >= 0.3 is 0 Å². The summed E-state index contributed by atoms with van der Waals surface area (Å²) in [5, 5.41) is 4.28. The van der Waals surface area contributed by atoms with E-state index in [0.29, 0.717) is 24.7 Å². The van der Waals surface area contributed by atoms with E-state index < -0.39 is 6.29 Å². The van der Waals surface area contributed by atoms with Crippen molar-refractivity contribution in [3.05, 3.63) is 28.2 Å². The molecule has 0 aromatic heterocycles. The molecule has 0 unspecified atom stereocenters. The maximum Gasteiger partial charge on any atom is 0.203 e. The first kappa shape index (κ1) is 18.8. The standard InChI is InChI=1S/C14H20BrN3O3S/c1-4-20-13(21-5-2)12(17-18-14(16)22)10-7-6-9(15)8-11(10)19-3/h6-8,13H,4-5H2,1-3H3,(H3,16,18,22)/b17-12+. The predicted molar refractivity (Wildman–Crippen MR) is 94.2 cm³/mol. The van der Waals surface area contributed by atoms with Crippen molar-refractivity contribution in [2.45, 2.75) is 20.1 Å². The Kier molecular flexibility index (Phi) is 8.32. The molecule has 3 N–H and O–H groups in total. The predicted octanol–water partition coefficient (Wildman–Crippen LogP) is 2.39. The van der Waals surface area contributed by atoms with E-state index in [1.807, 2.05) is 32.0 Å². The van der Waals surface area contributed by atoms with E-state index >= 15 is 0 Å². The van der Waals surface area contributed by atoms with Crippen LogP contribution >= 0.6 is 28.1 Å². The number of hydrogen-bond acceptors (Lipinski definition) is 5. The van der Waals surface area contributed by atoms with E-state index in [2.05, 4.69) is 26.5 Å². The fraction of sp³-hybridized carbons (Fsp3) is 0.429. The first-order chi connectivity index (χ1) is 10.5. The lowest BCUT2D eigenvalue weighted by Gasteiger charge is -2.21. The monoisotopic (exact) mass is 389 g/mol. The second-order valence-electron chi connectivity index (χ2n) is 4.06. The SMILES string of the molecule is CCOC(OCC)/C(=N/NC(N)=S)c1ccc(Br)cc1OC. The molecule has 122 valence electrons. The van der Waals surface area contributed by atoms with Crippen molar-refractivity contribution < 1.29 is 14.2 Å². The summed E-state index contributed by atoms with van der Waals surface area (Å²) in [5.41, 5.74) is 9.26. The molecule has 0 heterocycles. The van der Waals surface area contributed by atoms with Gasteiger partial charge in [-0.25, -0.2) is 0 Å². The molecule has 0 aliphatic rings. The van der Waals surface area contributed by atoms with E-state index in [1.54, 1.807) is 7.11 Å². The number of rotatable bonds is 8. The largest absolute Gasteiger partial charge is 0.496 e. The van der Waals surface area contributed by atoms with Crippen molar-refractivity contribution in [1.82, 2.24) is 5.43 Å². The first-order valence-corrected chi connectivity index (χ1v) is 7.93. The number of ether oxygens (including phenoxy) is 3. The van der Waals surface area contributed by atoms with Gasteiger partial charge in [0.2, 0.25) is 6.29 Å². The average Bonchev–Trinajstić information content (AvgIpc) is 2.48. The number of thiocarbonyl (C=S) groups is 1. The van der Waals surface area contributed by atoms with Crippen LogP contribution in [0.1, 0.15) is 19.4 Å². The minimum Gasteiger partial charge on any atom is -0.496 e. The molecule has 0 aliphatic carbocycles. The minimum atomic E-state index is -0.660. The van der Waals surface area contributed by atoms with Crippen LogP contribution in [-0.4, -0.2) is 37.4 Å². The van der Waals surface area contributed by atoms with Gasteiger partial charge in [-0.2, -0.15) is 5.10 Å². The second kappa shape index (κ2) is 9.73. The molecule has 0 bridgehead atoms. The third-order valence-electron chi connectivity index (χ3n) is 2.59. The van der Waals surface area contributed by atoms with Crippen LogP contribution in [0.2, 0.25) is 0 Å². The summed E-state index contributed by atoms with van der Waals surface area (Å²) in [4.78, 5) is 0. The lowest BCUT2D eigenvalue weighted by atomic mass is 10.1. The van der Waals surface area contributed by atoms with Crippen LogP contribution in [0.3, 0.4) is 0 Å². The summed E-state index contributed by atoms with van der Waals surface area (Å²) in [5.74, 6) is 0.627. The van der Waals surface area contributed by atoms with Gasteiger partial charge in [-0.15, -0.1) is 0 Å². The van der Waals surface area contributed by atoms with Gasteiger partial charge in [0.05, 0.1) is 7.11 Å². The molecule has 6 nitrogen and oxygen atoms in total. The van der Waals surface area contributed by atoms with Crippen LogP contribution in [0, 0.1) is 0 Å². The topological polar surface area (TPSA) is 78.1 Å². The average molecular weight is 390 g/mol. The first-order valence-electron chi connectivity index (χ1n) is 6.73. The van der Waals surface area contributed by atoms with Gasteiger partial charge in [0.25, 0.3) is 0 Å². The second-order valence-corrected chi connectivity index (χ2v) is 5.42. The number of hydrazone groups is 1. The molecule has 0 atom stereocenters. The van der Waals surface area contributed by atoms with Crippen molar-refractivity contribution in [2.75, 3.05) is 20.3 Å². The van der Waals surface area contributed by atoms with Gasteiger partial charge in [-0.3, -0.25) is 5.43 Å². The Balaban J connectivity index is 3.30. The van der Waals surface area contributed by atoms with Crippen molar-refractivity contribution in [3.8, 4) is 5.75 Å². The molecule has 0 amide bonds. The fourth-order valence-corrected chi connectivity index (χ4v) is 2.13. The number of hydrogen-bond donors (Lipinski definition) is 2. The smallest absolute Gasteiger partial charge is 0.203 e. The third-order valence-corrected chi connectivity index (χ3v) is 3.17. The Labute approximate surface area is 144 Å². The van der Waals surface area contributed by atoms with Crippen LogP contribution < -0.4 is 15.9 Å². The molecule has 0 saturated carbocycles. The van der Waals surface area contributed by atoms with Gasteiger partial charge in [0, 0.05) is 23.2 Å². The lowest BCUT2D eigenvalue weighted by molar-refractivity contribution is -0.0897. The summed E-state index contributed by atoms with van der Waals surface area (Å²) in [6, 6.07) is 5.57. The summed E-state index contributed by atoms with van der Waals surface area (Å²) in [6.45, 7) is 4.69. The zero-order chi connectivity index (χ0) is 16.5. The molecular weight excluding hydrogens is 370 g/mol. The Morgan fingerprint density at radius 3 is 2.50 bits per heavy atom. The number of benzene rings is 1. The normalized spacial score (nSPS) is 11.6.